The predicted molar refractivity (Wildman–Crippen MR) is 75.5 cm³/mol. The molecule has 1 heterocycles. The molecular weight excluding hydrogens is 242 g/mol. The maximum absolute atomic E-state index is 12.2. The van der Waals surface area contributed by atoms with Crippen LogP contribution in [0.1, 0.15) is 10.4 Å². The number of aromatic nitrogens is 1. The molecule has 5 heteroatoms. The fourth-order valence-electron chi connectivity index (χ4n) is 1.89. The Balaban J connectivity index is 2.36. The number of aromatic amines is 1. The second-order valence-corrected chi connectivity index (χ2v) is 4.43. The lowest BCUT2D eigenvalue weighted by atomic mass is 10.1. The highest BCUT2D eigenvalue weighted by molar-refractivity contribution is 5.97. The lowest BCUT2D eigenvalue weighted by molar-refractivity contribution is 0.0795. The molecule has 5 nitrogen and oxygen atoms in total. The Morgan fingerprint density at radius 2 is 2.11 bits per heavy atom. The van der Waals surface area contributed by atoms with Crippen molar-refractivity contribution in [3.8, 4) is 0 Å². The Hall–Kier alpha value is -2.14. The van der Waals surface area contributed by atoms with Crippen LogP contribution in [0.15, 0.2) is 35.1 Å². The molecule has 1 aromatic carbocycles. The number of amides is 1. The van der Waals surface area contributed by atoms with Gasteiger partial charge in [-0.25, -0.2) is 0 Å². The number of carbonyl (C=O) groups is 1. The standard InChI is InChI=1S/C14H17N3O2/c1-15-7-8-17(2)14(19)11-9-10-5-3-4-6-12(10)16-13(11)18/h3-6,9,15H,7-8H2,1-2H3,(H,16,18). The minimum Gasteiger partial charge on any atom is -0.340 e. The number of hydrogen-bond acceptors (Lipinski definition) is 3. The first-order valence-electron chi connectivity index (χ1n) is 6.15. The van der Waals surface area contributed by atoms with E-state index in [1.807, 2.05) is 31.3 Å². The van der Waals surface area contributed by atoms with E-state index >= 15 is 0 Å². The highest BCUT2D eigenvalue weighted by Gasteiger charge is 2.15. The van der Waals surface area contributed by atoms with Gasteiger partial charge in [-0.3, -0.25) is 9.59 Å². The quantitative estimate of drug-likeness (QED) is 0.854. The van der Waals surface area contributed by atoms with Crippen LogP contribution in [0.5, 0.6) is 0 Å². The molecule has 0 saturated carbocycles. The molecule has 0 fully saturated rings. The third-order valence-corrected chi connectivity index (χ3v) is 3.03. The fraction of sp³-hybridized carbons (Fsp3) is 0.286. The van der Waals surface area contributed by atoms with Gasteiger partial charge in [0.05, 0.1) is 0 Å². The van der Waals surface area contributed by atoms with Crippen molar-refractivity contribution in [1.82, 2.24) is 15.2 Å². The summed E-state index contributed by atoms with van der Waals surface area (Å²) in [6, 6.07) is 9.05. The second-order valence-electron chi connectivity index (χ2n) is 4.43. The smallest absolute Gasteiger partial charge is 0.261 e. The van der Waals surface area contributed by atoms with Crippen molar-refractivity contribution in [2.24, 2.45) is 0 Å². The van der Waals surface area contributed by atoms with E-state index in [0.29, 0.717) is 13.1 Å². The summed E-state index contributed by atoms with van der Waals surface area (Å²) < 4.78 is 0. The summed E-state index contributed by atoms with van der Waals surface area (Å²) in [6.07, 6.45) is 0. The molecule has 0 saturated heterocycles. The molecule has 0 spiro atoms. The van der Waals surface area contributed by atoms with E-state index in [1.165, 1.54) is 4.90 Å². The monoisotopic (exact) mass is 259 g/mol. The zero-order valence-electron chi connectivity index (χ0n) is 11.1. The minimum absolute atomic E-state index is 0.178. The summed E-state index contributed by atoms with van der Waals surface area (Å²) in [7, 11) is 3.51. The summed E-state index contributed by atoms with van der Waals surface area (Å²) in [4.78, 5) is 28.4. The van der Waals surface area contributed by atoms with E-state index < -0.39 is 0 Å². The Kier molecular flexibility index (Phi) is 3.97. The molecule has 0 unspecified atom stereocenters. The van der Waals surface area contributed by atoms with Gasteiger partial charge in [-0.2, -0.15) is 0 Å². The third-order valence-electron chi connectivity index (χ3n) is 3.03. The van der Waals surface area contributed by atoms with Gasteiger partial charge in [-0.1, -0.05) is 18.2 Å². The normalized spacial score (nSPS) is 10.6. The maximum Gasteiger partial charge on any atom is 0.261 e. The number of nitrogens with one attached hydrogen (secondary N) is 2. The molecule has 2 N–H and O–H groups in total. The van der Waals surface area contributed by atoms with Crippen LogP contribution in [0, 0.1) is 0 Å². The second kappa shape index (κ2) is 5.67. The number of nitrogens with zero attached hydrogens (tertiary/aromatic N) is 1. The van der Waals surface area contributed by atoms with Gasteiger partial charge in [0.1, 0.15) is 5.56 Å². The van der Waals surface area contributed by atoms with Crippen molar-refractivity contribution in [2.45, 2.75) is 0 Å². The molecular formula is C14H17N3O2. The Labute approximate surface area is 111 Å². The lowest BCUT2D eigenvalue weighted by Gasteiger charge is -2.16. The minimum atomic E-state index is -0.347. The average molecular weight is 259 g/mol. The molecule has 0 bridgehead atoms. The van der Waals surface area contributed by atoms with Gasteiger partial charge in [-0.15, -0.1) is 0 Å². The maximum atomic E-state index is 12.2. The van der Waals surface area contributed by atoms with Crippen molar-refractivity contribution < 1.29 is 4.79 Å². The molecule has 1 amide bonds. The van der Waals surface area contributed by atoms with E-state index in [0.717, 1.165) is 10.9 Å². The summed E-state index contributed by atoms with van der Waals surface area (Å²) in [6.45, 7) is 1.25. The Morgan fingerprint density at radius 3 is 2.84 bits per heavy atom. The Morgan fingerprint density at radius 1 is 1.37 bits per heavy atom. The van der Waals surface area contributed by atoms with E-state index in [1.54, 1.807) is 13.1 Å². The van der Waals surface area contributed by atoms with E-state index in [4.69, 9.17) is 0 Å². The van der Waals surface area contributed by atoms with Gasteiger partial charge in [0, 0.05) is 25.7 Å². The first-order chi connectivity index (χ1) is 9.13. The van der Waals surface area contributed by atoms with E-state index in [-0.39, 0.29) is 17.0 Å². The molecule has 0 radical (unpaired) electrons. The topological polar surface area (TPSA) is 65.2 Å². The first-order valence-corrected chi connectivity index (χ1v) is 6.15. The summed E-state index contributed by atoms with van der Waals surface area (Å²) >= 11 is 0. The number of carbonyl (C=O) groups excluding carboxylic acids is 1. The summed E-state index contributed by atoms with van der Waals surface area (Å²) in [5.74, 6) is -0.262. The molecule has 2 aromatic rings. The zero-order chi connectivity index (χ0) is 13.8. The SMILES string of the molecule is CNCCN(C)C(=O)c1cc2ccccc2[nH]c1=O. The van der Waals surface area contributed by atoms with Gasteiger partial charge in [0.25, 0.3) is 11.5 Å². The van der Waals surface area contributed by atoms with Crippen LogP contribution >= 0.6 is 0 Å². The number of rotatable bonds is 4. The van der Waals surface area contributed by atoms with Gasteiger partial charge in [0.2, 0.25) is 0 Å². The van der Waals surface area contributed by atoms with Gasteiger partial charge < -0.3 is 15.2 Å². The highest BCUT2D eigenvalue weighted by Crippen LogP contribution is 2.10. The number of benzene rings is 1. The largest absolute Gasteiger partial charge is 0.340 e. The predicted octanol–water partition coefficient (Wildman–Crippen LogP) is 0.819. The van der Waals surface area contributed by atoms with Crippen LogP contribution in [-0.2, 0) is 0 Å². The van der Waals surface area contributed by atoms with E-state index in [2.05, 4.69) is 10.3 Å². The number of likely N-dealkylation sites (N-methyl/N-ethyl adjacent to an activating group) is 2. The molecule has 0 atom stereocenters. The third kappa shape index (κ3) is 2.82. The number of para-hydroxylation sites is 1. The van der Waals surface area contributed by atoms with Crippen LogP contribution < -0.4 is 10.9 Å². The molecule has 100 valence electrons. The van der Waals surface area contributed by atoms with Crippen molar-refractivity contribution in [3.63, 3.8) is 0 Å². The lowest BCUT2D eigenvalue weighted by Crippen LogP contribution is -2.35. The number of H-pyrrole nitrogens is 1. The van der Waals surface area contributed by atoms with Crippen LogP contribution in [0.4, 0.5) is 0 Å². The summed E-state index contributed by atoms with van der Waals surface area (Å²) in [5.41, 5.74) is 0.569. The van der Waals surface area contributed by atoms with Crippen LogP contribution in [0.25, 0.3) is 10.9 Å². The fourth-order valence-corrected chi connectivity index (χ4v) is 1.89. The number of pyridine rings is 1. The molecule has 0 aliphatic carbocycles. The number of hydrogen-bond donors (Lipinski definition) is 2. The zero-order valence-corrected chi connectivity index (χ0v) is 11.1. The average Bonchev–Trinajstić information content (AvgIpc) is 2.43. The van der Waals surface area contributed by atoms with Crippen molar-refractivity contribution >= 4 is 16.8 Å². The molecule has 19 heavy (non-hydrogen) atoms. The van der Waals surface area contributed by atoms with Gasteiger partial charge in [0.15, 0.2) is 0 Å². The van der Waals surface area contributed by atoms with Crippen LogP contribution in [-0.4, -0.2) is 43.0 Å². The van der Waals surface area contributed by atoms with Crippen molar-refractivity contribution in [3.05, 3.63) is 46.2 Å². The number of fused-ring (bicyclic) bond motifs is 1. The van der Waals surface area contributed by atoms with Crippen LogP contribution in [0.2, 0.25) is 0 Å². The van der Waals surface area contributed by atoms with E-state index in [9.17, 15) is 9.59 Å². The van der Waals surface area contributed by atoms with Gasteiger partial charge >= 0.3 is 0 Å². The first kappa shape index (κ1) is 13.3. The van der Waals surface area contributed by atoms with Crippen molar-refractivity contribution in [1.29, 1.82) is 0 Å². The van der Waals surface area contributed by atoms with Gasteiger partial charge in [-0.05, 0) is 24.6 Å². The molecule has 1 aromatic heterocycles. The summed E-state index contributed by atoms with van der Waals surface area (Å²) in [5, 5.41) is 3.82. The van der Waals surface area contributed by atoms with Crippen molar-refractivity contribution in [2.75, 3.05) is 27.2 Å². The Bertz CT molecular complexity index is 648. The molecule has 0 aliphatic heterocycles. The van der Waals surface area contributed by atoms with Crippen LogP contribution in [0.3, 0.4) is 0 Å². The highest BCUT2D eigenvalue weighted by atomic mass is 16.2. The molecule has 2 rings (SSSR count). The molecule has 0 aliphatic rings.